The summed E-state index contributed by atoms with van der Waals surface area (Å²) in [6, 6.07) is 7.71. The van der Waals surface area contributed by atoms with Gasteiger partial charge in [0.1, 0.15) is 5.76 Å². The minimum atomic E-state index is 0.00723. The number of hydrogen-bond donors (Lipinski definition) is 1. The predicted octanol–water partition coefficient (Wildman–Crippen LogP) is 2.79. The Balaban J connectivity index is 2.26. The lowest BCUT2D eigenvalue weighted by Gasteiger charge is -2.05. The number of carbonyl (C=O) groups is 1. The third-order valence-electron chi connectivity index (χ3n) is 2.70. The van der Waals surface area contributed by atoms with E-state index >= 15 is 0 Å². The Bertz CT molecular complexity index is 561. The van der Waals surface area contributed by atoms with Crippen LogP contribution in [-0.2, 0) is 6.54 Å². The zero-order valence-electron chi connectivity index (χ0n) is 8.29. The number of carbonyl (C=O) groups excluding carboxylic acids is 1. The van der Waals surface area contributed by atoms with Gasteiger partial charge >= 0.3 is 0 Å². The molecule has 0 saturated carbocycles. The summed E-state index contributed by atoms with van der Waals surface area (Å²) in [7, 11) is 0. The molecule has 16 heavy (non-hydrogen) atoms. The van der Waals surface area contributed by atoms with Crippen molar-refractivity contribution in [1.29, 1.82) is 0 Å². The molecule has 1 aromatic heterocycles. The Morgan fingerprint density at radius 1 is 1.31 bits per heavy atom. The van der Waals surface area contributed by atoms with Gasteiger partial charge in [0.25, 0.3) is 5.91 Å². The molecule has 3 nitrogen and oxygen atoms in total. The summed E-state index contributed by atoms with van der Waals surface area (Å²) in [5, 5.41) is 2.84. The lowest BCUT2D eigenvalue weighted by atomic mass is 10.0. The summed E-state index contributed by atoms with van der Waals surface area (Å²) in [6.07, 6.45) is 1.64. The quantitative estimate of drug-likeness (QED) is 0.820. The van der Waals surface area contributed by atoms with Crippen LogP contribution in [0.3, 0.4) is 0 Å². The molecule has 1 N–H and O–H groups in total. The summed E-state index contributed by atoms with van der Waals surface area (Å²) in [6.45, 7) is 0.584. The van der Waals surface area contributed by atoms with E-state index in [1.807, 2.05) is 24.3 Å². The van der Waals surface area contributed by atoms with Crippen LogP contribution in [0.5, 0.6) is 0 Å². The van der Waals surface area contributed by atoms with Crippen LogP contribution in [0.2, 0.25) is 0 Å². The molecule has 4 heteroatoms. The fourth-order valence-electron chi connectivity index (χ4n) is 1.97. The van der Waals surface area contributed by atoms with Crippen molar-refractivity contribution in [3.8, 4) is 11.3 Å². The summed E-state index contributed by atoms with van der Waals surface area (Å²) < 4.78 is 6.36. The van der Waals surface area contributed by atoms with E-state index in [2.05, 4.69) is 27.9 Å². The van der Waals surface area contributed by atoms with Gasteiger partial charge in [-0.2, -0.15) is 0 Å². The number of amides is 1. The third kappa shape index (κ3) is 1.36. The highest BCUT2D eigenvalue weighted by Crippen LogP contribution is 2.32. The van der Waals surface area contributed by atoms with Crippen molar-refractivity contribution < 1.29 is 9.21 Å². The first-order valence-corrected chi connectivity index (χ1v) is 5.98. The molecule has 3 rings (SSSR count). The highest BCUT2D eigenvalue weighted by molar-refractivity contribution is 14.1. The van der Waals surface area contributed by atoms with E-state index in [1.165, 1.54) is 0 Å². The Labute approximate surface area is 106 Å². The summed E-state index contributed by atoms with van der Waals surface area (Å²) >= 11 is 2.18. The molecule has 2 aromatic rings. The molecule has 0 atom stereocenters. The number of hydrogen-bond acceptors (Lipinski definition) is 2. The topological polar surface area (TPSA) is 42.2 Å². The summed E-state index contributed by atoms with van der Waals surface area (Å²) in [5.41, 5.74) is 2.82. The van der Waals surface area contributed by atoms with Gasteiger partial charge in [-0.15, -0.1) is 0 Å². The van der Waals surface area contributed by atoms with E-state index in [0.717, 1.165) is 26.0 Å². The van der Waals surface area contributed by atoms with Gasteiger partial charge in [-0.3, -0.25) is 4.79 Å². The van der Waals surface area contributed by atoms with Gasteiger partial charge in [-0.25, -0.2) is 0 Å². The van der Waals surface area contributed by atoms with Crippen molar-refractivity contribution in [3.05, 3.63) is 45.2 Å². The largest absolute Gasteiger partial charge is 0.464 e. The fourth-order valence-corrected chi connectivity index (χ4v) is 2.72. The smallest absolute Gasteiger partial charge is 0.252 e. The van der Waals surface area contributed by atoms with E-state index in [4.69, 9.17) is 4.42 Å². The molecule has 0 spiro atoms. The average molecular weight is 325 g/mol. The highest BCUT2D eigenvalue weighted by Gasteiger charge is 2.25. The second-order valence-corrected chi connectivity index (χ2v) is 4.77. The SMILES string of the molecule is O=C1NCc2c(-c3ccco3)ccc(I)c21. The maximum absolute atomic E-state index is 11.7. The van der Waals surface area contributed by atoms with Crippen molar-refractivity contribution in [2.45, 2.75) is 6.54 Å². The summed E-state index contributed by atoms with van der Waals surface area (Å²) in [5.74, 6) is 0.817. The number of benzene rings is 1. The van der Waals surface area contributed by atoms with E-state index in [0.29, 0.717) is 6.54 Å². The van der Waals surface area contributed by atoms with E-state index < -0.39 is 0 Å². The average Bonchev–Trinajstić information content (AvgIpc) is 2.89. The maximum atomic E-state index is 11.7. The predicted molar refractivity (Wildman–Crippen MR) is 68.0 cm³/mol. The first-order chi connectivity index (χ1) is 7.77. The number of furan rings is 1. The molecule has 0 aliphatic carbocycles. The molecule has 1 aromatic carbocycles. The Kier molecular flexibility index (Phi) is 2.24. The minimum absolute atomic E-state index is 0.00723. The van der Waals surface area contributed by atoms with Crippen LogP contribution in [0.15, 0.2) is 34.9 Å². The van der Waals surface area contributed by atoms with Crippen molar-refractivity contribution in [1.82, 2.24) is 5.32 Å². The summed E-state index contributed by atoms with van der Waals surface area (Å²) in [4.78, 5) is 11.7. The van der Waals surface area contributed by atoms with Gasteiger partial charge in [0.2, 0.25) is 0 Å². The third-order valence-corrected chi connectivity index (χ3v) is 3.60. The van der Waals surface area contributed by atoms with Crippen molar-refractivity contribution >= 4 is 28.5 Å². The molecule has 1 amide bonds. The first kappa shape index (κ1) is 9.89. The number of nitrogens with one attached hydrogen (secondary N) is 1. The van der Waals surface area contributed by atoms with Crippen molar-refractivity contribution in [3.63, 3.8) is 0 Å². The standard InChI is InChI=1S/C12H8INO2/c13-9-4-3-7(10-2-1-5-16-10)8-6-14-12(15)11(8)9/h1-5H,6H2,(H,14,15). The maximum Gasteiger partial charge on any atom is 0.252 e. The van der Waals surface area contributed by atoms with Crippen LogP contribution in [-0.4, -0.2) is 5.91 Å². The van der Waals surface area contributed by atoms with Gasteiger partial charge in [-0.1, -0.05) is 0 Å². The van der Waals surface area contributed by atoms with E-state index in [-0.39, 0.29) is 5.91 Å². The molecule has 0 unspecified atom stereocenters. The van der Waals surface area contributed by atoms with Crippen LogP contribution in [0, 0.1) is 3.57 Å². The molecular weight excluding hydrogens is 317 g/mol. The zero-order valence-corrected chi connectivity index (χ0v) is 10.4. The molecule has 0 radical (unpaired) electrons. The molecule has 0 saturated heterocycles. The molecule has 1 aliphatic rings. The molecule has 0 bridgehead atoms. The van der Waals surface area contributed by atoms with Gasteiger partial charge in [0, 0.05) is 15.7 Å². The van der Waals surface area contributed by atoms with Gasteiger partial charge < -0.3 is 9.73 Å². The highest BCUT2D eigenvalue weighted by atomic mass is 127. The second kappa shape index (κ2) is 3.62. The Morgan fingerprint density at radius 3 is 2.94 bits per heavy atom. The van der Waals surface area contributed by atoms with Crippen LogP contribution < -0.4 is 5.32 Å². The van der Waals surface area contributed by atoms with Crippen LogP contribution in [0.4, 0.5) is 0 Å². The molecule has 2 heterocycles. The second-order valence-electron chi connectivity index (χ2n) is 3.61. The van der Waals surface area contributed by atoms with Gasteiger partial charge in [0.05, 0.1) is 11.8 Å². The van der Waals surface area contributed by atoms with Crippen molar-refractivity contribution in [2.24, 2.45) is 0 Å². The fraction of sp³-hybridized carbons (Fsp3) is 0.0833. The number of halogens is 1. The molecule has 0 fully saturated rings. The van der Waals surface area contributed by atoms with Gasteiger partial charge in [0.15, 0.2) is 0 Å². The van der Waals surface area contributed by atoms with Crippen LogP contribution >= 0.6 is 22.6 Å². The Hall–Kier alpha value is -1.30. The zero-order chi connectivity index (χ0) is 11.1. The molecular formula is C12H8INO2. The van der Waals surface area contributed by atoms with Crippen LogP contribution in [0.25, 0.3) is 11.3 Å². The number of fused-ring (bicyclic) bond motifs is 1. The van der Waals surface area contributed by atoms with Crippen LogP contribution in [0.1, 0.15) is 15.9 Å². The lowest BCUT2D eigenvalue weighted by molar-refractivity contribution is 0.0965. The lowest BCUT2D eigenvalue weighted by Crippen LogP contribution is -2.13. The Morgan fingerprint density at radius 2 is 2.19 bits per heavy atom. The molecule has 1 aliphatic heterocycles. The minimum Gasteiger partial charge on any atom is -0.464 e. The van der Waals surface area contributed by atoms with Crippen molar-refractivity contribution in [2.75, 3.05) is 0 Å². The number of rotatable bonds is 1. The monoisotopic (exact) mass is 325 g/mol. The normalized spacial score (nSPS) is 13.7. The van der Waals surface area contributed by atoms with E-state index in [9.17, 15) is 4.79 Å². The van der Waals surface area contributed by atoms with Gasteiger partial charge in [-0.05, 0) is 52.4 Å². The van der Waals surface area contributed by atoms with E-state index in [1.54, 1.807) is 6.26 Å². The first-order valence-electron chi connectivity index (χ1n) is 4.91. The molecule has 80 valence electrons.